The zero-order chi connectivity index (χ0) is 23.4. The van der Waals surface area contributed by atoms with Crippen molar-refractivity contribution in [2.24, 2.45) is 0 Å². The summed E-state index contributed by atoms with van der Waals surface area (Å²) in [4.78, 5) is 24.8. The summed E-state index contributed by atoms with van der Waals surface area (Å²) in [6.45, 7) is 3.93. The van der Waals surface area contributed by atoms with Gasteiger partial charge in [-0.1, -0.05) is 48.0 Å². The maximum atomic E-state index is 14.0. The van der Waals surface area contributed by atoms with E-state index in [0.29, 0.717) is 12.1 Å². The molecule has 1 spiro atoms. The van der Waals surface area contributed by atoms with Gasteiger partial charge in [-0.2, -0.15) is 0 Å². The molecular formula is C23H26N2O6S2. The highest BCUT2D eigenvalue weighted by atomic mass is 32.2. The Morgan fingerprint density at radius 1 is 1.18 bits per heavy atom. The predicted octanol–water partition coefficient (Wildman–Crippen LogP) is 3.36. The van der Waals surface area contributed by atoms with E-state index in [1.165, 1.54) is 16.6 Å². The lowest BCUT2D eigenvalue weighted by Crippen LogP contribution is -2.59. The monoisotopic (exact) mass is 490 g/mol. The van der Waals surface area contributed by atoms with Gasteiger partial charge in [0.2, 0.25) is 0 Å². The average molecular weight is 491 g/mol. The van der Waals surface area contributed by atoms with E-state index in [4.69, 9.17) is 14.4 Å². The number of benzene rings is 2. The third-order valence-corrected chi connectivity index (χ3v) is 9.33. The smallest absolute Gasteiger partial charge is 0.337 e. The molecule has 0 saturated carbocycles. The molecule has 4 atom stereocenters. The first-order valence-electron chi connectivity index (χ1n) is 10.9. The highest BCUT2D eigenvalue weighted by Gasteiger charge is 2.67. The first-order chi connectivity index (χ1) is 15.8. The minimum Gasteiger partial charge on any atom is -0.467 e. The number of carbonyl (C=O) groups excluding carboxylic acids is 1. The van der Waals surface area contributed by atoms with Gasteiger partial charge in [0.15, 0.2) is 6.10 Å². The van der Waals surface area contributed by atoms with Crippen molar-refractivity contribution < 1.29 is 27.6 Å². The molecule has 8 nitrogen and oxygen atoms in total. The Morgan fingerprint density at radius 2 is 1.91 bits per heavy atom. The Morgan fingerprint density at radius 3 is 2.61 bits per heavy atom. The minimum atomic E-state index is -3.89. The Kier molecular flexibility index (Phi) is 5.69. The molecule has 0 bridgehead atoms. The molecule has 176 valence electrons. The summed E-state index contributed by atoms with van der Waals surface area (Å²) in [5.74, 6) is 0.272. The fourth-order valence-electron chi connectivity index (χ4n) is 5.05. The molecule has 3 aliphatic rings. The average Bonchev–Trinajstić information content (AvgIpc) is 3.33. The van der Waals surface area contributed by atoms with Crippen molar-refractivity contribution in [1.82, 2.24) is 5.23 Å². The number of thioether (sulfide) groups is 1. The Labute approximate surface area is 197 Å². The second kappa shape index (κ2) is 8.28. The van der Waals surface area contributed by atoms with Crippen molar-refractivity contribution in [2.45, 2.75) is 54.7 Å². The number of methoxy groups -OCH3 is 1. The van der Waals surface area contributed by atoms with Crippen molar-refractivity contribution in [3.8, 4) is 0 Å². The van der Waals surface area contributed by atoms with Gasteiger partial charge >= 0.3 is 5.97 Å². The number of anilines is 1. The highest BCUT2D eigenvalue weighted by molar-refractivity contribution is 7.99. The predicted molar refractivity (Wildman–Crippen MR) is 124 cm³/mol. The van der Waals surface area contributed by atoms with E-state index in [0.717, 1.165) is 16.9 Å². The van der Waals surface area contributed by atoms with Crippen LogP contribution in [0.1, 0.15) is 30.9 Å². The van der Waals surface area contributed by atoms with Crippen LogP contribution in [0.15, 0.2) is 53.4 Å². The van der Waals surface area contributed by atoms with E-state index in [9.17, 15) is 13.2 Å². The normalized spacial score (nSPS) is 28.8. The molecular weight excluding hydrogens is 464 g/mol. The molecule has 33 heavy (non-hydrogen) atoms. The Hall–Kier alpha value is -2.11. The zero-order valence-corrected chi connectivity index (χ0v) is 20.3. The molecule has 0 unspecified atom stereocenters. The lowest BCUT2D eigenvalue weighted by Gasteiger charge is -2.45. The van der Waals surface area contributed by atoms with Gasteiger partial charge in [-0.15, -0.1) is 11.8 Å². The molecule has 2 saturated heterocycles. The summed E-state index contributed by atoms with van der Waals surface area (Å²) >= 11 is 1.57. The van der Waals surface area contributed by atoms with E-state index in [1.807, 2.05) is 32.0 Å². The van der Waals surface area contributed by atoms with Gasteiger partial charge < -0.3 is 4.74 Å². The molecule has 2 aromatic carbocycles. The molecule has 2 fully saturated rings. The van der Waals surface area contributed by atoms with Gasteiger partial charge in [0.25, 0.3) is 10.0 Å². The van der Waals surface area contributed by atoms with E-state index in [-0.39, 0.29) is 16.8 Å². The van der Waals surface area contributed by atoms with Crippen LogP contribution in [-0.4, -0.2) is 50.1 Å². The van der Waals surface area contributed by atoms with Gasteiger partial charge in [0, 0.05) is 18.4 Å². The number of fused-ring (bicyclic) bond motifs is 1. The fourth-order valence-corrected chi connectivity index (χ4v) is 7.60. The number of para-hydroxylation sites is 1. The van der Waals surface area contributed by atoms with Gasteiger partial charge in [-0.05, 0) is 30.9 Å². The molecule has 0 N–H and O–H groups in total. The molecule has 5 rings (SSSR count). The maximum Gasteiger partial charge on any atom is 0.337 e. The topological polar surface area (TPSA) is 85.4 Å². The van der Waals surface area contributed by atoms with Crippen molar-refractivity contribution in [1.29, 1.82) is 0 Å². The zero-order valence-electron chi connectivity index (χ0n) is 18.6. The lowest BCUT2D eigenvalue weighted by atomic mass is 9.80. The summed E-state index contributed by atoms with van der Waals surface area (Å²) in [5, 5.41) is 1.37. The fraction of sp³-hybridized carbons (Fsp3) is 0.435. The SMILES string of the molecule is CCS[C@H]1C[C@H]2N(S(=O)(=O)c3ccc(C)cc3)c3ccccc3[C@]23C[C@H](C(=O)OC)ON3O1. The van der Waals surface area contributed by atoms with Crippen molar-refractivity contribution >= 4 is 33.4 Å². The van der Waals surface area contributed by atoms with Crippen LogP contribution in [0.2, 0.25) is 0 Å². The van der Waals surface area contributed by atoms with Crippen LogP contribution in [-0.2, 0) is 34.8 Å². The summed E-state index contributed by atoms with van der Waals surface area (Å²) in [7, 11) is -2.58. The van der Waals surface area contributed by atoms with Crippen molar-refractivity contribution in [3.05, 3.63) is 59.7 Å². The van der Waals surface area contributed by atoms with E-state index < -0.39 is 33.7 Å². The lowest BCUT2D eigenvalue weighted by molar-refractivity contribution is -0.412. The number of nitrogens with zero attached hydrogens (tertiary/aromatic N) is 2. The minimum absolute atomic E-state index is 0.223. The number of hydrogen-bond donors (Lipinski definition) is 0. The number of ether oxygens (including phenoxy) is 1. The summed E-state index contributed by atoms with van der Waals surface area (Å²) in [6.07, 6.45) is -0.213. The van der Waals surface area contributed by atoms with Crippen LogP contribution >= 0.6 is 11.8 Å². The number of sulfonamides is 1. The molecule has 0 radical (unpaired) electrons. The standard InChI is InChI=1S/C23H26N2O6S2/c1-4-32-21-13-20-23(14-19(22(26)29-3)30-25(23)31-21)17-7-5-6-8-18(17)24(20)33(27,28)16-11-9-15(2)10-12-16/h5-12,19-21H,4,13-14H2,1-3H3/t19-,20-,21+,23-/m1/s1. The summed E-state index contributed by atoms with van der Waals surface area (Å²) in [5.41, 5.74) is 1.03. The number of carbonyl (C=O) groups is 1. The first kappa shape index (κ1) is 22.7. The first-order valence-corrected chi connectivity index (χ1v) is 13.4. The van der Waals surface area contributed by atoms with Gasteiger partial charge in [-0.3, -0.25) is 14.0 Å². The van der Waals surface area contributed by atoms with Crippen molar-refractivity contribution in [3.63, 3.8) is 0 Å². The molecule has 3 aliphatic heterocycles. The Balaban J connectivity index is 1.68. The second-order valence-electron chi connectivity index (χ2n) is 8.38. The molecule has 0 amide bonds. The largest absolute Gasteiger partial charge is 0.467 e. The van der Waals surface area contributed by atoms with Crippen LogP contribution in [0, 0.1) is 6.92 Å². The number of esters is 1. The van der Waals surface area contributed by atoms with Crippen LogP contribution in [0.4, 0.5) is 5.69 Å². The third kappa shape index (κ3) is 3.38. The van der Waals surface area contributed by atoms with Crippen LogP contribution in [0.3, 0.4) is 0 Å². The van der Waals surface area contributed by atoms with E-state index in [2.05, 4.69) is 0 Å². The third-order valence-electron chi connectivity index (χ3n) is 6.51. The molecule has 10 heteroatoms. The number of aryl methyl sites for hydroxylation is 1. The summed E-state index contributed by atoms with van der Waals surface area (Å²) in [6, 6.07) is 13.7. The second-order valence-corrected chi connectivity index (χ2v) is 11.6. The Bertz CT molecular complexity index is 1170. The van der Waals surface area contributed by atoms with E-state index in [1.54, 1.807) is 42.1 Å². The van der Waals surface area contributed by atoms with E-state index >= 15 is 0 Å². The molecule has 2 aromatic rings. The number of hydroxylamine groups is 2. The molecule has 0 aromatic heterocycles. The quantitative estimate of drug-likeness (QED) is 0.590. The highest BCUT2D eigenvalue weighted by Crippen LogP contribution is 2.59. The summed E-state index contributed by atoms with van der Waals surface area (Å²) < 4.78 is 34.5. The molecule has 0 aliphatic carbocycles. The van der Waals surface area contributed by atoms with Crippen molar-refractivity contribution in [2.75, 3.05) is 17.2 Å². The van der Waals surface area contributed by atoms with Crippen LogP contribution < -0.4 is 4.31 Å². The van der Waals surface area contributed by atoms with Crippen LogP contribution in [0.25, 0.3) is 0 Å². The number of hydrogen-bond acceptors (Lipinski definition) is 8. The van der Waals surface area contributed by atoms with Gasteiger partial charge in [-0.25, -0.2) is 13.2 Å². The van der Waals surface area contributed by atoms with Gasteiger partial charge in [0.05, 0.1) is 23.7 Å². The van der Waals surface area contributed by atoms with Gasteiger partial charge in [0.1, 0.15) is 11.0 Å². The maximum absolute atomic E-state index is 14.0. The van der Waals surface area contributed by atoms with Crippen LogP contribution in [0.5, 0.6) is 0 Å². The molecule has 3 heterocycles. The number of rotatable bonds is 5.